The number of carbonyl (C=O) groups excluding carboxylic acids is 1. The predicted molar refractivity (Wildman–Crippen MR) is 70.9 cm³/mol. The quantitative estimate of drug-likeness (QED) is 0.801. The Kier molecular flexibility index (Phi) is 3.59. The molecule has 0 aliphatic heterocycles. The van der Waals surface area contributed by atoms with Crippen LogP contribution < -0.4 is 5.32 Å². The molecule has 4 heteroatoms. The average Bonchev–Trinajstić information content (AvgIpc) is 2.99. The van der Waals surface area contributed by atoms with Crippen molar-refractivity contribution in [1.29, 1.82) is 0 Å². The van der Waals surface area contributed by atoms with Gasteiger partial charge in [-0.05, 0) is 30.0 Å². The number of anilines is 1. The van der Waals surface area contributed by atoms with Gasteiger partial charge in [0, 0.05) is 11.5 Å². The number of benzene rings is 1. The lowest BCUT2D eigenvalue weighted by Crippen LogP contribution is -2.17. The Labute approximate surface area is 111 Å². The summed E-state index contributed by atoms with van der Waals surface area (Å²) in [5.74, 6) is 4.36. The van der Waals surface area contributed by atoms with Crippen LogP contribution >= 0.6 is 0 Å². The minimum Gasteiger partial charge on any atom is -0.384 e. The SMILES string of the molecule is CC1(C)CC1C(=O)Nc1ccc(C#CCO)cc1F. The van der Waals surface area contributed by atoms with Crippen molar-refractivity contribution in [3.8, 4) is 11.8 Å². The molecule has 1 unspecified atom stereocenters. The van der Waals surface area contributed by atoms with E-state index < -0.39 is 5.82 Å². The molecule has 1 saturated carbocycles. The number of hydrogen-bond donors (Lipinski definition) is 2. The van der Waals surface area contributed by atoms with Crippen LogP contribution in [0.15, 0.2) is 18.2 Å². The van der Waals surface area contributed by atoms with E-state index in [9.17, 15) is 9.18 Å². The Morgan fingerprint density at radius 1 is 1.58 bits per heavy atom. The van der Waals surface area contributed by atoms with Crippen LogP contribution in [0, 0.1) is 29.0 Å². The zero-order valence-corrected chi connectivity index (χ0v) is 11.0. The molecule has 2 N–H and O–H groups in total. The fourth-order valence-corrected chi connectivity index (χ4v) is 1.97. The zero-order chi connectivity index (χ0) is 14.0. The van der Waals surface area contributed by atoms with Crippen LogP contribution in [0.4, 0.5) is 10.1 Å². The van der Waals surface area contributed by atoms with Gasteiger partial charge in [-0.25, -0.2) is 4.39 Å². The second kappa shape index (κ2) is 5.02. The van der Waals surface area contributed by atoms with Crippen molar-refractivity contribution in [2.45, 2.75) is 20.3 Å². The number of hydrogen-bond acceptors (Lipinski definition) is 2. The van der Waals surface area contributed by atoms with Crippen LogP contribution in [0.25, 0.3) is 0 Å². The van der Waals surface area contributed by atoms with Crippen molar-refractivity contribution in [3.63, 3.8) is 0 Å². The van der Waals surface area contributed by atoms with E-state index in [1.54, 1.807) is 6.07 Å². The summed E-state index contributed by atoms with van der Waals surface area (Å²) in [7, 11) is 0. The minimum absolute atomic E-state index is 0.0209. The van der Waals surface area contributed by atoms with Gasteiger partial charge in [-0.2, -0.15) is 0 Å². The van der Waals surface area contributed by atoms with Gasteiger partial charge in [0.15, 0.2) is 0 Å². The standard InChI is InChI=1S/C15H16FNO2/c1-15(2)9-11(15)14(19)17-13-6-5-10(4-3-7-18)8-12(13)16/h5-6,8,11,18H,7,9H2,1-2H3,(H,17,19). The average molecular weight is 261 g/mol. The topological polar surface area (TPSA) is 49.3 Å². The molecular weight excluding hydrogens is 245 g/mol. The molecule has 0 saturated heterocycles. The van der Waals surface area contributed by atoms with E-state index in [4.69, 9.17) is 5.11 Å². The summed E-state index contributed by atoms with van der Waals surface area (Å²) < 4.78 is 13.8. The molecule has 0 heterocycles. The lowest BCUT2D eigenvalue weighted by Gasteiger charge is -2.07. The number of halogens is 1. The van der Waals surface area contributed by atoms with Gasteiger partial charge in [-0.1, -0.05) is 25.7 Å². The number of aliphatic hydroxyl groups is 1. The Hall–Kier alpha value is -1.86. The molecule has 3 nitrogen and oxygen atoms in total. The van der Waals surface area contributed by atoms with Crippen LogP contribution in [-0.2, 0) is 4.79 Å². The van der Waals surface area contributed by atoms with Crippen molar-refractivity contribution >= 4 is 11.6 Å². The number of aliphatic hydroxyl groups excluding tert-OH is 1. The number of nitrogens with one attached hydrogen (secondary N) is 1. The van der Waals surface area contributed by atoms with Crippen LogP contribution in [0.3, 0.4) is 0 Å². The summed E-state index contributed by atoms with van der Waals surface area (Å²) in [6.07, 6.45) is 0.834. The molecule has 0 radical (unpaired) electrons. The highest BCUT2D eigenvalue weighted by Crippen LogP contribution is 2.52. The van der Waals surface area contributed by atoms with Gasteiger partial charge in [-0.15, -0.1) is 0 Å². The van der Waals surface area contributed by atoms with Gasteiger partial charge in [0.2, 0.25) is 5.91 Å². The normalized spacial score (nSPS) is 19.3. The summed E-state index contributed by atoms with van der Waals surface area (Å²) in [4.78, 5) is 11.9. The summed E-state index contributed by atoms with van der Waals surface area (Å²) in [6.45, 7) is 3.76. The van der Waals surface area contributed by atoms with E-state index in [1.165, 1.54) is 12.1 Å². The third-order valence-electron chi connectivity index (χ3n) is 3.37. The van der Waals surface area contributed by atoms with E-state index in [2.05, 4.69) is 17.2 Å². The van der Waals surface area contributed by atoms with Crippen molar-refractivity contribution in [2.75, 3.05) is 11.9 Å². The Morgan fingerprint density at radius 2 is 2.26 bits per heavy atom. The highest BCUT2D eigenvalue weighted by atomic mass is 19.1. The van der Waals surface area contributed by atoms with E-state index >= 15 is 0 Å². The molecule has 1 aliphatic rings. The predicted octanol–water partition coefficient (Wildman–Crippen LogP) is 2.15. The zero-order valence-electron chi connectivity index (χ0n) is 11.0. The highest BCUT2D eigenvalue weighted by Gasteiger charge is 2.50. The monoisotopic (exact) mass is 261 g/mol. The highest BCUT2D eigenvalue weighted by molar-refractivity contribution is 5.95. The third-order valence-corrected chi connectivity index (χ3v) is 3.37. The first-order valence-corrected chi connectivity index (χ1v) is 6.14. The lowest BCUT2D eigenvalue weighted by molar-refractivity contribution is -0.118. The molecule has 1 atom stereocenters. The first-order valence-electron chi connectivity index (χ1n) is 6.14. The van der Waals surface area contributed by atoms with Crippen LogP contribution in [0.5, 0.6) is 0 Å². The first-order chi connectivity index (χ1) is 8.94. The maximum absolute atomic E-state index is 13.8. The third kappa shape index (κ3) is 3.12. The Balaban J connectivity index is 2.07. The molecule has 2 rings (SSSR count). The smallest absolute Gasteiger partial charge is 0.228 e. The van der Waals surface area contributed by atoms with Crippen LogP contribution in [0.1, 0.15) is 25.8 Å². The molecule has 1 aliphatic carbocycles. The number of rotatable bonds is 2. The molecule has 1 amide bonds. The number of amides is 1. The van der Waals surface area contributed by atoms with Gasteiger partial charge < -0.3 is 10.4 Å². The van der Waals surface area contributed by atoms with E-state index in [-0.39, 0.29) is 29.5 Å². The van der Waals surface area contributed by atoms with Crippen molar-refractivity contribution in [3.05, 3.63) is 29.6 Å². The molecule has 0 aromatic heterocycles. The fraction of sp³-hybridized carbons (Fsp3) is 0.400. The van der Waals surface area contributed by atoms with E-state index in [0.29, 0.717) is 5.56 Å². The Morgan fingerprint density at radius 3 is 2.79 bits per heavy atom. The maximum Gasteiger partial charge on any atom is 0.228 e. The molecule has 1 aromatic rings. The largest absolute Gasteiger partial charge is 0.384 e. The van der Waals surface area contributed by atoms with Gasteiger partial charge >= 0.3 is 0 Å². The fourth-order valence-electron chi connectivity index (χ4n) is 1.97. The molecule has 0 bridgehead atoms. The summed E-state index contributed by atoms with van der Waals surface area (Å²) in [5, 5.41) is 11.2. The number of carbonyl (C=O) groups is 1. The molecular formula is C15H16FNO2. The molecule has 1 fully saturated rings. The van der Waals surface area contributed by atoms with Gasteiger partial charge in [0.05, 0.1) is 5.69 Å². The van der Waals surface area contributed by atoms with Crippen molar-refractivity contribution < 1.29 is 14.3 Å². The van der Waals surface area contributed by atoms with E-state index in [1.807, 2.05) is 13.8 Å². The maximum atomic E-state index is 13.8. The minimum atomic E-state index is -0.517. The van der Waals surface area contributed by atoms with Crippen LogP contribution in [0.2, 0.25) is 0 Å². The second-order valence-corrected chi connectivity index (χ2v) is 5.39. The van der Waals surface area contributed by atoms with Gasteiger partial charge in [0.1, 0.15) is 12.4 Å². The molecule has 100 valence electrons. The summed E-state index contributed by atoms with van der Waals surface area (Å²) >= 11 is 0. The second-order valence-electron chi connectivity index (χ2n) is 5.39. The molecule has 0 spiro atoms. The van der Waals surface area contributed by atoms with Crippen LogP contribution in [-0.4, -0.2) is 17.6 Å². The van der Waals surface area contributed by atoms with Gasteiger partial charge in [0.25, 0.3) is 0 Å². The van der Waals surface area contributed by atoms with Crippen molar-refractivity contribution in [1.82, 2.24) is 0 Å². The van der Waals surface area contributed by atoms with E-state index in [0.717, 1.165) is 6.42 Å². The van der Waals surface area contributed by atoms with Gasteiger partial charge in [-0.3, -0.25) is 4.79 Å². The summed E-state index contributed by atoms with van der Waals surface area (Å²) in [6, 6.07) is 4.35. The molecule has 19 heavy (non-hydrogen) atoms. The van der Waals surface area contributed by atoms with Crippen molar-refractivity contribution in [2.24, 2.45) is 11.3 Å². The molecule has 1 aromatic carbocycles. The Bertz CT molecular complexity index is 569. The first kappa shape index (κ1) is 13.6. The summed E-state index contributed by atoms with van der Waals surface area (Å²) in [5.41, 5.74) is 0.658. The lowest BCUT2D eigenvalue weighted by atomic mass is 10.1.